The predicted octanol–water partition coefficient (Wildman–Crippen LogP) is 3.46. The predicted molar refractivity (Wildman–Crippen MR) is 116 cm³/mol. The molecule has 1 heterocycles. The van der Waals surface area contributed by atoms with Gasteiger partial charge in [0.2, 0.25) is 10.0 Å². The second kappa shape index (κ2) is 10.9. The Balaban J connectivity index is 1.64. The number of alkyl halides is 2. The Kier molecular flexibility index (Phi) is 7.97. The summed E-state index contributed by atoms with van der Waals surface area (Å²) < 4.78 is 66.9. The summed E-state index contributed by atoms with van der Waals surface area (Å²) in [7, 11) is -3.97. The van der Waals surface area contributed by atoms with E-state index >= 15 is 0 Å². The first-order valence-corrected chi connectivity index (χ1v) is 11.3. The maximum Gasteiger partial charge on any atom is 0.387 e. The summed E-state index contributed by atoms with van der Waals surface area (Å²) in [5.74, 6) is -1.59. The number of esters is 1. The van der Waals surface area contributed by atoms with Crippen LogP contribution in [-0.2, 0) is 26.1 Å². The average molecular weight is 494 g/mol. The molecule has 0 saturated heterocycles. The van der Waals surface area contributed by atoms with Crippen molar-refractivity contribution in [2.45, 2.75) is 25.0 Å². The molecular formula is C22H20F2N2O7S. The third-order valence-electron chi connectivity index (χ3n) is 4.47. The lowest BCUT2D eigenvalue weighted by Gasteiger charge is -2.12. The van der Waals surface area contributed by atoms with Crippen LogP contribution < -0.4 is 14.8 Å². The van der Waals surface area contributed by atoms with Gasteiger partial charge in [0, 0.05) is 0 Å². The van der Waals surface area contributed by atoms with Crippen LogP contribution in [-0.4, -0.2) is 33.5 Å². The number of carbonyl (C=O) groups excluding carboxylic acids is 2. The van der Waals surface area contributed by atoms with Gasteiger partial charge in [0.15, 0.2) is 6.61 Å². The Bertz CT molecular complexity index is 1260. The normalized spacial score (nSPS) is 11.3. The molecule has 0 spiro atoms. The van der Waals surface area contributed by atoms with Gasteiger partial charge in [-0.25, -0.2) is 17.9 Å². The molecule has 0 aliphatic carbocycles. The molecule has 34 heavy (non-hydrogen) atoms. The minimum atomic E-state index is -3.97. The first kappa shape index (κ1) is 24.9. The zero-order valence-electron chi connectivity index (χ0n) is 17.8. The summed E-state index contributed by atoms with van der Waals surface area (Å²) in [6.45, 7) is -2.34. The number of rotatable bonds is 10. The van der Waals surface area contributed by atoms with Gasteiger partial charge in [-0.2, -0.15) is 8.78 Å². The zero-order chi connectivity index (χ0) is 24.7. The Hall–Kier alpha value is -3.77. The Morgan fingerprint density at radius 2 is 1.85 bits per heavy atom. The van der Waals surface area contributed by atoms with Crippen molar-refractivity contribution in [2.75, 3.05) is 11.9 Å². The fourth-order valence-corrected chi connectivity index (χ4v) is 3.83. The topological polar surface area (TPSA) is 124 Å². The van der Waals surface area contributed by atoms with E-state index in [2.05, 4.69) is 14.8 Å². The highest BCUT2D eigenvalue weighted by molar-refractivity contribution is 7.89. The molecule has 0 bridgehead atoms. The number of aryl methyl sites for hydroxylation is 1. The van der Waals surface area contributed by atoms with Crippen LogP contribution in [0.5, 0.6) is 5.75 Å². The third-order valence-corrected chi connectivity index (χ3v) is 5.87. The Morgan fingerprint density at radius 3 is 2.56 bits per heavy atom. The molecule has 0 aliphatic heterocycles. The lowest BCUT2D eigenvalue weighted by atomic mass is 10.1. The minimum absolute atomic E-state index is 0.0317. The molecule has 0 atom stereocenters. The second-order valence-electron chi connectivity index (χ2n) is 6.88. The van der Waals surface area contributed by atoms with Gasteiger partial charge in [-0.15, -0.1) is 0 Å². The smallest absolute Gasteiger partial charge is 0.387 e. The van der Waals surface area contributed by atoms with Crippen LogP contribution in [0, 0.1) is 6.92 Å². The van der Waals surface area contributed by atoms with E-state index in [9.17, 15) is 26.8 Å². The van der Waals surface area contributed by atoms with Gasteiger partial charge in [0.25, 0.3) is 5.91 Å². The summed E-state index contributed by atoms with van der Waals surface area (Å²) in [6.07, 6.45) is 1.41. The number of nitrogens with one attached hydrogen (secondary N) is 2. The highest BCUT2D eigenvalue weighted by Crippen LogP contribution is 2.25. The first-order chi connectivity index (χ1) is 16.2. The summed E-state index contributed by atoms with van der Waals surface area (Å²) in [4.78, 5) is 24.5. The molecule has 3 rings (SSSR count). The Labute approximate surface area is 193 Å². The molecule has 3 aromatic rings. The van der Waals surface area contributed by atoms with Crippen molar-refractivity contribution in [3.8, 4) is 5.75 Å². The number of benzene rings is 2. The highest BCUT2D eigenvalue weighted by atomic mass is 32.2. The van der Waals surface area contributed by atoms with Crippen LogP contribution in [0.2, 0.25) is 0 Å². The number of halogens is 2. The molecular weight excluding hydrogens is 474 g/mol. The number of sulfonamides is 1. The van der Waals surface area contributed by atoms with E-state index in [-0.39, 0.29) is 28.4 Å². The van der Waals surface area contributed by atoms with Crippen LogP contribution in [0.25, 0.3) is 0 Å². The number of carbonyl (C=O) groups is 2. The molecule has 0 saturated carbocycles. The standard InChI is InChI=1S/C22H20F2N2O7S/c1-14-8-9-16(34(29,30)25-12-15-5-4-10-31-15)11-17(14)21(28)32-13-20(27)26-18-6-2-3-7-19(18)33-22(23)24/h2-11,22,25H,12-13H2,1H3,(H,26,27). The molecule has 2 aromatic carbocycles. The van der Waals surface area contributed by atoms with Crippen molar-refractivity contribution < 1.29 is 40.7 Å². The van der Waals surface area contributed by atoms with E-state index in [0.717, 1.165) is 6.07 Å². The molecule has 1 amide bonds. The Morgan fingerprint density at radius 1 is 1.09 bits per heavy atom. The molecule has 2 N–H and O–H groups in total. The largest absolute Gasteiger partial charge is 0.468 e. The van der Waals surface area contributed by atoms with E-state index in [4.69, 9.17) is 9.15 Å². The van der Waals surface area contributed by atoms with E-state index in [0.29, 0.717) is 11.3 Å². The summed E-state index contributed by atoms with van der Waals surface area (Å²) in [5.41, 5.74) is 0.330. The van der Waals surface area contributed by atoms with Crippen LogP contribution >= 0.6 is 0 Å². The van der Waals surface area contributed by atoms with Crippen molar-refractivity contribution >= 4 is 27.6 Å². The number of hydrogen-bond donors (Lipinski definition) is 2. The molecule has 0 aliphatic rings. The monoisotopic (exact) mass is 494 g/mol. The number of amides is 1. The fraction of sp³-hybridized carbons (Fsp3) is 0.182. The molecule has 12 heteroatoms. The van der Waals surface area contributed by atoms with Gasteiger partial charge in [0.1, 0.15) is 11.5 Å². The SMILES string of the molecule is Cc1ccc(S(=O)(=O)NCc2ccco2)cc1C(=O)OCC(=O)Nc1ccccc1OC(F)F. The van der Waals surface area contributed by atoms with E-state index in [1.807, 2.05) is 0 Å². The van der Waals surface area contributed by atoms with E-state index < -0.39 is 35.1 Å². The first-order valence-electron chi connectivity index (χ1n) is 9.79. The maximum atomic E-state index is 12.6. The number of furan rings is 1. The maximum absolute atomic E-state index is 12.6. The zero-order valence-corrected chi connectivity index (χ0v) is 18.6. The molecule has 0 fully saturated rings. The van der Waals surface area contributed by atoms with Gasteiger partial charge in [-0.3, -0.25) is 4.79 Å². The van der Waals surface area contributed by atoms with Crippen LogP contribution in [0.3, 0.4) is 0 Å². The second-order valence-corrected chi connectivity index (χ2v) is 8.65. The number of ether oxygens (including phenoxy) is 2. The molecule has 0 unspecified atom stereocenters. The van der Waals surface area contributed by atoms with E-state index in [1.54, 1.807) is 19.1 Å². The molecule has 180 valence electrons. The van der Waals surface area contributed by atoms with Crippen molar-refractivity contribution in [1.82, 2.24) is 4.72 Å². The molecule has 1 aromatic heterocycles. The average Bonchev–Trinajstić information content (AvgIpc) is 3.31. The lowest BCUT2D eigenvalue weighted by molar-refractivity contribution is -0.119. The lowest BCUT2D eigenvalue weighted by Crippen LogP contribution is -2.24. The number of hydrogen-bond acceptors (Lipinski definition) is 7. The minimum Gasteiger partial charge on any atom is -0.468 e. The number of anilines is 1. The van der Waals surface area contributed by atoms with Gasteiger partial charge in [-0.05, 0) is 48.9 Å². The highest BCUT2D eigenvalue weighted by Gasteiger charge is 2.20. The summed E-state index contributed by atoms with van der Waals surface area (Å²) in [6, 6.07) is 12.6. The van der Waals surface area contributed by atoms with Gasteiger partial charge in [0.05, 0.1) is 29.0 Å². The van der Waals surface area contributed by atoms with Gasteiger partial charge < -0.3 is 19.2 Å². The molecule has 9 nitrogen and oxygen atoms in total. The van der Waals surface area contributed by atoms with Gasteiger partial charge in [-0.1, -0.05) is 18.2 Å². The van der Waals surface area contributed by atoms with Crippen molar-refractivity contribution in [2.24, 2.45) is 0 Å². The van der Waals surface area contributed by atoms with Crippen molar-refractivity contribution in [3.63, 3.8) is 0 Å². The van der Waals surface area contributed by atoms with Crippen molar-refractivity contribution in [1.29, 1.82) is 0 Å². The van der Waals surface area contributed by atoms with Crippen LogP contribution in [0.1, 0.15) is 21.7 Å². The van der Waals surface area contributed by atoms with Gasteiger partial charge >= 0.3 is 12.6 Å². The third kappa shape index (κ3) is 6.62. The summed E-state index contributed by atoms with van der Waals surface area (Å²) in [5, 5.41) is 2.31. The quantitative estimate of drug-likeness (QED) is 0.414. The van der Waals surface area contributed by atoms with E-state index in [1.165, 1.54) is 42.7 Å². The summed E-state index contributed by atoms with van der Waals surface area (Å²) >= 11 is 0. The number of para-hydroxylation sites is 2. The van der Waals surface area contributed by atoms with Crippen LogP contribution in [0.4, 0.5) is 14.5 Å². The van der Waals surface area contributed by atoms with Crippen molar-refractivity contribution in [3.05, 3.63) is 77.7 Å². The molecule has 0 radical (unpaired) electrons. The fourth-order valence-electron chi connectivity index (χ4n) is 2.81. The van der Waals surface area contributed by atoms with Crippen LogP contribution in [0.15, 0.2) is 70.2 Å².